The Labute approximate surface area is 91.0 Å². The number of carbonyl (C=O) groups is 1. The van der Waals surface area contributed by atoms with Gasteiger partial charge in [-0.3, -0.25) is 4.79 Å². The van der Waals surface area contributed by atoms with Crippen LogP contribution in [0.3, 0.4) is 0 Å². The first-order valence-electron chi connectivity index (χ1n) is 5.03. The molecular formula is C13H17NO. The van der Waals surface area contributed by atoms with Gasteiger partial charge in [0.2, 0.25) is 5.91 Å². The average Bonchev–Trinajstić information content (AvgIpc) is 2.10. The zero-order valence-electron chi connectivity index (χ0n) is 9.72. The van der Waals surface area contributed by atoms with Crippen molar-refractivity contribution in [3.8, 4) is 0 Å². The highest BCUT2D eigenvalue weighted by molar-refractivity contribution is 6.00. The quantitative estimate of drug-likeness (QED) is 0.735. The molecule has 0 bridgehead atoms. The molecule has 0 radical (unpaired) electrons. The summed E-state index contributed by atoms with van der Waals surface area (Å²) < 4.78 is 0. The van der Waals surface area contributed by atoms with Gasteiger partial charge in [-0.05, 0) is 38.8 Å². The van der Waals surface area contributed by atoms with Crippen LogP contribution in [0.25, 0.3) is 0 Å². The van der Waals surface area contributed by atoms with Crippen LogP contribution < -0.4 is 5.32 Å². The smallest absolute Gasteiger partial charge is 0.248 e. The molecule has 1 aromatic carbocycles. The number of rotatable bonds is 2. The maximum absolute atomic E-state index is 11.5. The molecular weight excluding hydrogens is 186 g/mol. The summed E-state index contributed by atoms with van der Waals surface area (Å²) in [5, 5.41) is 2.89. The van der Waals surface area contributed by atoms with Crippen LogP contribution in [0.2, 0.25) is 0 Å². The highest BCUT2D eigenvalue weighted by atomic mass is 16.1. The Morgan fingerprint density at radius 2 is 1.73 bits per heavy atom. The molecule has 1 aromatic rings. The summed E-state index contributed by atoms with van der Waals surface area (Å²) >= 11 is 0. The molecule has 0 saturated carbocycles. The van der Waals surface area contributed by atoms with Gasteiger partial charge in [-0.25, -0.2) is 0 Å². The number of carbonyl (C=O) groups excluding carboxylic acids is 1. The number of hydrogen-bond acceptors (Lipinski definition) is 1. The zero-order valence-corrected chi connectivity index (χ0v) is 9.72. The van der Waals surface area contributed by atoms with Crippen LogP contribution >= 0.6 is 0 Å². The minimum absolute atomic E-state index is 0.0626. The van der Waals surface area contributed by atoms with Gasteiger partial charge in [0.25, 0.3) is 0 Å². The van der Waals surface area contributed by atoms with E-state index in [-0.39, 0.29) is 5.91 Å². The number of nitrogens with one attached hydrogen (secondary N) is 1. The fraction of sp³-hybridized carbons (Fsp3) is 0.308. The number of para-hydroxylation sites is 1. The number of benzene rings is 1. The van der Waals surface area contributed by atoms with E-state index in [1.54, 1.807) is 6.08 Å². The average molecular weight is 203 g/mol. The van der Waals surface area contributed by atoms with Gasteiger partial charge in [-0.15, -0.1) is 0 Å². The van der Waals surface area contributed by atoms with Gasteiger partial charge < -0.3 is 5.32 Å². The molecule has 2 nitrogen and oxygen atoms in total. The van der Waals surface area contributed by atoms with E-state index < -0.39 is 0 Å². The van der Waals surface area contributed by atoms with Gasteiger partial charge >= 0.3 is 0 Å². The van der Waals surface area contributed by atoms with Crippen LogP contribution in [-0.4, -0.2) is 5.91 Å². The topological polar surface area (TPSA) is 29.1 Å². The summed E-state index contributed by atoms with van der Waals surface area (Å²) in [7, 11) is 0. The van der Waals surface area contributed by atoms with E-state index in [2.05, 4.69) is 5.32 Å². The van der Waals surface area contributed by atoms with Crippen molar-refractivity contribution in [2.45, 2.75) is 27.7 Å². The number of allylic oxidation sites excluding steroid dienone is 1. The minimum Gasteiger partial charge on any atom is -0.322 e. The van der Waals surface area contributed by atoms with Crippen LogP contribution in [-0.2, 0) is 4.79 Å². The second-order valence-corrected chi connectivity index (χ2v) is 3.98. The summed E-state index contributed by atoms with van der Waals surface area (Å²) in [6.45, 7) is 7.80. The van der Waals surface area contributed by atoms with Crippen LogP contribution in [0.1, 0.15) is 25.0 Å². The Balaban J connectivity index is 2.90. The van der Waals surface area contributed by atoms with Crippen molar-refractivity contribution < 1.29 is 4.79 Å². The molecule has 0 aromatic heterocycles. The maximum atomic E-state index is 11.5. The maximum Gasteiger partial charge on any atom is 0.248 e. The predicted molar refractivity (Wildman–Crippen MR) is 64.0 cm³/mol. The SMILES string of the molecule is CC(C)=CC(=O)Nc1c(C)cccc1C. The van der Waals surface area contributed by atoms with Gasteiger partial charge in [0.05, 0.1) is 0 Å². The molecule has 2 heteroatoms. The molecule has 15 heavy (non-hydrogen) atoms. The molecule has 0 aliphatic rings. The fourth-order valence-corrected chi connectivity index (χ4v) is 1.43. The molecule has 1 amide bonds. The molecule has 1 N–H and O–H groups in total. The van der Waals surface area contributed by atoms with Gasteiger partial charge in [0.1, 0.15) is 0 Å². The lowest BCUT2D eigenvalue weighted by Crippen LogP contribution is -2.10. The van der Waals surface area contributed by atoms with Crippen LogP contribution in [0.15, 0.2) is 29.8 Å². The van der Waals surface area contributed by atoms with E-state index in [1.807, 2.05) is 45.9 Å². The van der Waals surface area contributed by atoms with Crippen molar-refractivity contribution in [3.63, 3.8) is 0 Å². The second-order valence-electron chi connectivity index (χ2n) is 3.98. The molecule has 0 unspecified atom stereocenters. The summed E-state index contributed by atoms with van der Waals surface area (Å²) in [5.41, 5.74) is 4.09. The summed E-state index contributed by atoms with van der Waals surface area (Å²) in [5.74, 6) is -0.0626. The highest BCUT2D eigenvalue weighted by Gasteiger charge is 2.04. The summed E-state index contributed by atoms with van der Waals surface area (Å²) in [4.78, 5) is 11.5. The number of anilines is 1. The number of aryl methyl sites for hydroxylation is 2. The Morgan fingerprint density at radius 1 is 1.20 bits per heavy atom. The van der Waals surface area contributed by atoms with Crippen LogP contribution in [0, 0.1) is 13.8 Å². The molecule has 0 fully saturated rings. The Hall–Kier alpha value is -1.57. The lowest BCUT2D eigenvalue weighted by Gasteiger charge is -2.09. The molecule has 0 saturated heterocycles. The third kappa shape index (κ3) is 3.24. The van der Waals surface area contributed by atoms with E-state index in [9.17, 15) is 4.79 Å². The van der Waals surface area contributed by atoms with Crippen molar-refractivity contribution in [1.29, 1.82) is 0 Å². The molecule has 0 aliphatic heterocycles. The van der Waals surface area contributed by atoms with Gasteiger partial charge in [0.15, 0.2) is 0 Å². The van der Waals surface area contributed by atoms with Crippen LogP contribution in [0.5, 0.6) is 0 Å². The molecule has 0 heterocycles. The third-order valence-electron chi connectivity index (χ3n) is 2.15. The van der Waals surface area contributed by atoms with Gasteiger partial charge in [-0.2, -0.15) is 0 Å². The number of hydrogen-bond donors (Lipinski definition) is 1. The van der Waals surface area contributed by atoms with Crippen molar-refractivity contribution >= 4 is 11.6 Å². The fourth-order valence-electron chi connectivity index (χ4n) is 1.43. The minimum atomic E-state index is -0.0626. The number of amides is 1. The van der Waals surface area contributed by atoms with Crippen molar-refractivity contribution in [1.82, 2.24) is 0 Å². The lowest BCUT2D eigenvalue weighted by molar-refractivity contribution is -0.112. The van der Waals surface area contributed by atoms with Crippen LogP contribution in [0.4, 0.5) is 5.69 Å². The second kappa shape index (κ2) is 4.78. The van der Waals surface area contributed by atoms with Crippen molar-refractivity contribution in [3.05, 3.63) is 41.0 Å². The molecule has 1 rings (SSSR count). The lowest BCUT2D eigenvalue weighted by atomic mass is 10.1. The van der Waals surface area contributed by atoms with E-state index >= 15 is 0 Å². The van der Waals surface area contributed by atoms with Crippen molar-refractivity contribution in [2.24, 2.45) is 0 Å². The third-order valence-corrected chi connectivity index (χ3v) is 2.15. The summed E-state index contributed by atoms with van der Waals surface area (Å²) in [6.07, 6.45) is 1.60. The predicted octanol–water partition coefficient (Wildman–Crippen LogP) is 3.21. The Kier molecular flexibility index (Phi) is 3.67. The van der Waals surface area contributed by atoms with Gasteiger partial charge in [-0.1, -0.05) is 23.8 Å². The normalized spacial score (nSPS) is 9.60. The molecule has 0 aliphatic carbocycles. The Bertz CT molecular complexity index is 381. The van der Waals surface area contributed by atoms with E-state index in [4.69, 9.17) is 0 Å². The molecule has 80 valence electrons. The van der Waals surface area contributed by atoms with E-state index in [0.717, 1.165) is 22.4 Å². The highest BCUT2D eigenvalue weighted by Crippen LogP contribution is 2.19. The largest absolute Gasteiger partial charge is 0.322 e. The molecule has 0 spiro atoms. The standard InChI is InChI=1S/C13H17NO/c1-9(2)8-12(15)14-13-10(3)6-5-7-11(13)4/h5-8H,1-4H3,(H,14,15). The Morgan fingerprint density at radius 3 is 2.20 bits per heavy atom. The monoisotopic (exact) mass is 203 g/mol. The first kappa shape index (κ1) is 11.5. The van der Waals surface area contributed by atoms with Crippen molar-refractivity contribution in [2.75, 3.05) is 5.32 Å². The van der Waals surface area contributed by atoms with Gasteiger partial charge in [0, 0.05) is 11.8 Å². The first-order chi connectivity index (χ1) is 7.00. The van der Waals surface area contributed by atoms with E-state index in [0.29, 0.717) is 0 Å². The zero-order chi connectivity index (χ0) is 11.4. The first-order valence-corrected chi connectivity index (χ1v) is 5.03. The summed E-state index contributed by atoms with van der Waals surface area (Å²) in [6, 6.07) is 5.97. The molecule has 0 atom stereocenters. The van der Waals surface area contributed by atoms with E-state index in [1.165, 1.54) is 0 Å².